The Bertz CT molecular complexity index is 1190. The number of nitrogens with one attached hydrogen (secondary N) is 1. The molecule has 0 spiro atoms. The van der Waals surface area contributed by atoms with E-state index in [2.05, 4.69) is 31.3 Å². The first kappa shape index (κ1) is 17.1. The summed E-state index contributed by atoms with van der Waals surface area (Å²) >= 11 is 1.68. The Balaban J connectivity index is 1.63. The zero-order chi connectivity index (χ0) is 19.3. The van der Waals surface area contributed by atoms with Crippen LogP contribution in [0.5, 0.6) is 0 Å². The van der Waals surface area contributed by atoms with E-state index in [1.54, 1.807) is 23.9 Å². The van der Waals surface area contributed by atoms with Crippen molar-refractivity contribution in [1.29, 1.82) is 0 Å². The summed E-state index contributed by atoms with van der Waals surface area (Å²) in [7, 11) is 4.02. The number of hydrogen-bond donors (Lipinski definition) is 1. The summed E-state index contributed by atoms with van der Waals surface area (Å²) in [4.78, 5) is 24.6. The van der Waals surface area contributed by atoms with Crippen LogP contribution in [0.15, 0.2) is 30.9 Å². The molecule has 7 nitrogen and oxygen atoms in total. The summed E-state index contributed by atoms with van der Waals surface area (Å²) in [5.41, 5.74) is 4.30. The minimum absolute atomic E-state index is 0.120. The minimum atomic E-state index is 0.120. The monoisotopic (exact) mass is 392 g/mol. The third-order valence-electron chi connectivity index (χ3n) is 5.32. The van der Waals surface area contributed by atoms with Gasteiger partial charge in [0.2, 0.25) is 0 Å². The maximum atomic E-state index is 11.2. The average Bonchev–Trinajstić information content (AvgIpc) is 3.30. The molecule has 0 aliphatic heterocycles. The largest absolute Gasteiger partial charge is 0.375 e. The van der Waals surface area contributed by atoms with Crippen LogP contribution in [0, 0.1) is 5.92 Å². The lowest BCUT2D eigenvalue weighted by Crippen LogP contribution is -2.14. The molecule has 0 saturated carbocycles. The molecule has 0 amide bonds. The van der Waals surface area contributed by atoms with Gasteiger partial charge in [0.15, 0.2) is 0 Å². The van der Waals surface area contributed by atoms with Gasteiger partial charge in [-0.25, -0.2) is 14.5 Å². The minimum Gasteiger partial charge on any atom is -0.375 e. The number of pyridine rings is 1. The lowest BCUT2D eigenvalue weighted by Gasteiger charge is -2.20. The fourth-order valence-corrected chi connectivity index (χ4v) is 5.16. The molecule has 0 saturated heterocycles. The molecule has 1 N–H and O–H groups in total. The maximum Gasteiger partial charge on any atom is 0.142 e. The van der Waals surface area contributed by atoms with Crippen LogP contribution in [0.25, 0.3) is 15.7 Å². The summed E-state index contributed by atoms with van der Waals surface area (Å²) in [6.45, 7) is 0. The van der Waals surface area contributed by atoms with Gasteiger partial charge >= 0.3 is 0 Å². The smallest absolute Gasteiger partial charge is 0.142 e. The van der Waals surface area contributed by atoms with E-state index in [-0.39, 0.29) is 5.92 Å². The number of hydrogen-bond acceptors (Lipinski definition) is 7. The first-order valence-electron chi connectivity index (χ1n) is 9.26. The molecule has 4 aromatic heterocycles. The summed E-state index contributed by atoms with van der Waals surface area (Å²) in [6.07, 6.45) is 9.08. The SMILES string of the molecule is CN(C)c1cn2nccc2cc1Nc1ncnc2sc3c(c12)CC[C@H](C=O)C3. The van der Waals surface area contributed by atoms with Crippen molar-refractivity contribution in [3.8, 4) is 0 Å². The van der Waals surface area contributed by atoms with E-state index >= 15 is 0 Å². The predicted molar refractivity (Wildman–Crippen MR) is 112 cm³/mol. The molecule has 8 heteroatoms. The van der Waals surface area contributed by atoms with Crippen molar-refractivity contribution in [3.63, 3.8) is 0 Å². The van der Waals surface area contributed by atoms with Crippen molar-refractivity contribution in [2.45, 2.75) is 19.3 Å². The molecule has 0 bridgehead atoms. The number of nitrogens with zero attached hydrogens (tertiary/aromatic N) is 5. The van der Waals surface area contributed by atoms with Gasteiger partial charge in [-0.05, 0) is 37.0 Å². The van der Waals surface area contributed by atoms with Crippen LogP contribution in [0.2, 0.25) is 0 Å². The van der Waals surface area contributed by atoms with E-state index in [1.165, 1.54) is 10.4 Å². The Hall–Kier alpha value is -3.00. The fourth-order valence-electron chi connectivity index (χ4n) is 3.88. The molecule has 4 heterocycles. The third kappa shape index (κ3) is 2.72. The molecule has 5 rings (SSSR count). The number of thiophene rings is 1. The van der Waals surface area contributed by atoms with E-state index in [9.17, 15) is 4.79 Å². The Kier molecular flexibility index (Phi) is 4.01. The number of aryl methyl sites for hydroxylation is 1. The molecule has 1 aliphatic carbocycles. The van der Waals surface area contributed by atoms with Gasteiger partial charge in [-0.1, -0.05) is 0 Å². The molecule has 0 fully saturated rings. The van der Waals surface area contributed by atoms with E-state index < -0.39 is 0 Å². The van der Waals surface area contributed by atoms with Crippen molar-refractivity contribution in [1.82, 2.24) is 19.6 Å². The second kappa shape index (κ2) is 6.56. The molecular weight excluding hydrogens is 372 g/mol. The van der Waals surface area contributed by atoms with Gasteiger partial charge < -0.3 is 15.0 Å². The number of anilines is 3. The Morgan fingerprint density at radius 2 is 2.25 bits per heavy atom. The Morgan fingerprint density at radius 3 is 3.07 bits per heavy atom. The number of aromatic nitrogens is 4. The second-order valence-corrected chi connectivity index (χ2v) is 8.42. The number of aldehydes is 1. The summed E-state index contributed by atoms with van der Waals surface area (Å²) in [5, 5.41) is 8.97. The van der Waals surface area contributed by atoms with Gasteiger partial charge in [0.05, 0.1) is 28.5 Å². The molecule has 0 aromatic carbocycles. The number of carbonyl (C=O) groups is 1. The van der Waals surface area contributed by atoms with E-state index in [0.29, 0.717) is 0 Å². The molecule has 4 aromatic rings. The Labute approximate surface area is 166 Å². The normalized spacial score (nSPS) is 16.3. The maximum absolute atomic E-state index is 11.2. The van der Waals surface area contributed by atoms with Gasteiger partial charge in [-0.2, -0.15) is 5.10 Å². The summed E-state index contributed by atoms with van der Waals surface area (Å²) < 4.78 is 1.86. The number of carbonyl (C=O) groups excluding carboxylic acids is 1. The number of rotatable bonds is 4. The standard InChI is InChI=1S/C20H20N6OS/c1-25(2)16-9-26-13(5-6-23-26)8-15(16)24-19-18-14-4-3-12(10-27)7-17(14)28-20(18)22-11-21-19/h5-6,8-12H,3-4,7H2,1-2H3,(H,21,22,24)/t12-/m0/s1. The van der Waals surface area contributed by atoms with Gasteiger partial charge in [0.1, 0.15) is 23.3 Å². The average molecular weight is 392 g/mol. The lowest BCUT2D eigenvalue weighted by molar-refractivity contribution is -0.111. The summed E-state index contributed by atoms with van der Waals surface area (Å²) in [6, 6.07) is 4.06. The van der Waals surface area contributed by atoms with Gasteiger partial charge in [0.25, 0.3) is 0 Å². The van der Waals surface area contributed by atoms with Gasteiger partial charge in [-0.3, -0.25) is 0 Å². The molecule has 1 atom stereocenters. The highest BCUT2D eigenvalue weighted by molar-refractivity contribution is 7.19. The fraction of sp³-hybridized carbons (Fsp3) is 0.300. The molecular formula is C20H20N6OS. The molecule has 142 valence electrons. The van der Waals surface area contributed by atoms with Crippen LogP contribution >= 0.6 is 11.3 Å². The van der Waals surface area contributed by atoms with E-state index in [1.807, 2.05) is 30.9 Å². The highest BCUT2D eigenvalue weighted by Crippen LogP contribution is 2.40. The van der Waals surface area contributed by atoms with Crippen LogP contribution in [-0.4, -0.2) is 40.0 Å². The molecule has 28 heavy (non-hydrogen) atoms. The molecule has 1 aliphatic rings. The lowest BCUT2D eigenvalue weighted by atomic mass is 9.89. The summed E-state index contributed by atoms with van der Waals surface area (Å²) in [5.74, 6) is 0.938. The number of fused-ring (bicyclic) bond motifs is 4. The second-order valence-electron chi connectivity index (χ2n) is 7.34. The quantitative estimate of drug-likeness (QED) is 0.536. The zero-order valence-electron chi connectivity index (χ0n) is 15.7. The van der Waals surface area contributed by atoms with Crippen LogP contribution < -0.4 is 10.2 Å². The first-order valence-corrected chi connectivity index (χ1v) is 10.1. The van der Waals surface area contributed by atoms with Crippen molar-refractivity contribution < 1.29 is 4.79 Å². The van der Waals surface area contributed by atoms with Crippen molar-refractivity contribution in [2.24, 2.45) is 5.92 Å². The van der Waals surface area contributed by atoms with E-state index in [4.69, 9.17) is 0 Å². The highest BCUT2D eigenvalue weighted by Gasteiger charge is 2.25. The van der Waals surface area contributed by atoms with E-state index in [0.717, 1.165) is 58.5 Å². The highest BCUT2D eigenvalue weighted by atomic mass is 32.1. The van der Waals surface area contributed by atoms with Crippen molar-refractivity contribution in [3.05, 3.63) is 41.3 Å². The van der Waals surface area contributed by atoms with Crippen LogP contribution in [-0.2, 0) is 17.6 Å². The predicted octanol–water partition coefficient (Wildman–Crippen LogP) is 3.45. The van der Waals surface area contributed by atoms with Crippen LogP contribution in [0.4, 0.5) is 17.2 Å². The molecule has 0 radical (unpaired) electrons. The van der Waals surface area contributed by atoms with Crippen LogP contribution in [0.1, 0.15) is 16.9 Å². The topological polar surface area (TPSA) is 75.4 Å². The molecule has 0 unspecified atom stereocenters. The van der Waals surface area contributed by atoms with Crippen molar-refractivity contribution >= 4 is 50.5 Å². The van der Waals surface area contributed by atoms with Crippen LogP contribution in [0.3, 0.4) is 0 Å². The van der Waals surface area contributed by atoms with Gasteiger partial charge in [0, 0.05) is 31.1 Å². The third-order valence-corrected chi connectivity index (χ3v) is 6.49. The van der Waals surface area contributed by atoms with Crippen molar-refractivity contribution in [2.75, 3.05) is 24.3 Å². The first-order chi connectivity index (χ1) is 13.6. The van der Waals surface area contributed by atoms with Gasteiger partial charge in [-0.15, -0.1) is 11.3 Å². The Morgan fingerprint density at radius 1 is 1.36 bits per heavy atom. The zero-order valence-corrected chi connectivity index (χ0v) is 16.5.